The van der Waals surface area contributed by atoms with E-state index in [-0.39, 0.29) is 18.3 Å². The van der Waals surface area contributed by atoms with E-state index in [4.69, 9.17) is 14.3 Å². The number of halogens is 1. The molecule has 176 valence electrons. The van der Waals surface area contributed by atoms with Crippen LogP contribution in [0.4, 0.5) is 4.39 Å². The van der Waals surface area contributed by atoms with Gasteiger partial charge >= 0.3 is 0 Å². The van der Waals surface area contributed by atoms with Crippen molar-refractivity contribution < 1.29 is 18.7 Å². The zero-order chi connectivity index (χ0) is 23.7. The Bertz CT molecular complexity index is 1190. The zero-order valence-corrected chi connectivity index (χ0v) is 19.1. The minimum Gasteiger partial charge on any atom is -0.350 e. The molecule has 0 aromatic heterocycles. The third-order valence-corrected chi connectivity index (χ3v) is 7.14. The Morgan fingerprint density at radius 1 is 0.743 bits per heavy atom. The molecular weight excluding hydrogens is 441 g/mol. The Balaban J connectivity index is 1.49. The molecule has 6 rings (SSSR count). The Morgan fingerprint density at radius 3 is 1.80 bits per heavy atom. The number of rotatable bonds is 6. The number of benzene rings is 4. The van der Waals surface area contributed by atoms with Gasteiger partial charge in [0.2, 0.25) is 0 Å². The summed E-state index contributed by atoms with van der Waals surface area (Å²) in [5, 5.41) is 0. The van der Waals surface area contributed by atoms with Gasteiger partial charge < -0.3 is 14.3 Å². The van der Waals surface area contributed by atoms with E-state index in [0.29, 0.717) is 12.2 Å². The average molecular weight is 468 g/mol. The number of nitrogens with one attached hydrogen (secondary N) is 1. The summed E-state index contributed by atoms with van der Waals surface area (Å²) in [6.07, 6.45) is -0.648. The van der Waals surface area contributed by atoms with Gasteiger partial charge in [0.1, 0.15) is 17.0 Å². The van der Waals surface area contributed by atoms with E-state index in [1.54, 1.807) is 12.1 Å². The Hall–Kier alpha value is -3.35. The molecule has 4 aromatic rings. The van der Waals surface area contributed by atoms with Crippen LogP contribution >= 0.6 is 0 Å². The van der Waals surface area contributed by atoms with Gasteiger partial charge in [-0.2, -0.15) is 5.48 Å². The molecule has 3 unspecified atom stereocenters. The van der Waals surface area contributed by atoms with Crippen molar-refractivity contribution in [3.8, 4) is 0 Å². The van der Waals surface area contributed by atoms with Crippen molar-refractivity contribution in [3.05, 3.63) is 143 Å². The van der Waals surface area contributed by atoms with Crippen LogP contribution in [0.15, 0.2) is 115 Å². The Labute approximate surface area is 204 Å². The summed E-state index contributed by atoms with van der Waals surface area (Å²) in [5.74, 6) is -0.546. The van der Waals surface area contributed by atoms with Crippen molar-refractivity contribution in [1.29, 1.82) is 0 Å². The number of hydrogen-bond donors (Lipinski definition) is 1. The molecule has 0 aliphatic carbocycles. The zero-order valence-electron chi connectivity index (χ0n) is 19.1. The predicted molar refractivity (Wildman–Crippen MR) is 131 cm³/mol. The minimum absolute atomic E-state index is 0.234. The number of hydrogen-bond acceptors (Lipinski definition) is 4. The molecule has 5 heteroatoms. The molecule has 4 nitrogen and oxygen atoms in total. The predicted octanol–water partition coefficient (Wildman–Crippen LogP) is 5.54. The topological polar surface area (TPSA) is 39.7 Å². The first kappa shape index (κ1) is 22.1. The van der Waals surface area contributed by atoms with E-state index >= 15 is 0 Å². The lowest BCUT2D eigenvalue weighted by molar-refractivity contribution is -0.187. The van der Waals surface area contributed by atoms with Crippen LogP contribution in [0, 0.1) is 11.7 Å². The summed E-state index contributed by atoms with van der Waals surface area (Å²) in [7, 11) is 0. The molecular formula is C30H26FNO3. The lowest BCUT2D eigenvalue weighted by Gasteiger charge is -2.39. The quantitative estimate of drug-likeness (QED) is 0.378. The van der Waals surface area contributed by atoms with Crippen LogP contribution in [0.2, 0.25) is 0 Å². The highest BCUT2D eigenvalue weighted by Gasteiger charge is 2.58. The van der Waals surface area contributed by atoms with Crippen molar-refractivity contribution in [2.24, 2.45) is 5.92 Å². The van der Waals surface area contributed by atoms with Gasteiger partial charge in [0.15, 0.2) is 6.29 Å². The first-order chi connectivity index (χ1) is 17.2. The number of ether oxygens (including phenoxy) is 2. The summed E-state index contributed by atoms with van der Waals surface area (Å²) < 4.78 is 28.4. The highest BCUT2D eigenvalue weighted by atomic mass is 19.1. The molecule has 2 aliphatic rings. The van der Waals surface area contributed by atoms with Crippen LogP contribution in [-0.4, -0.2) is 19.5 Å². The second kappa shape index (κ2) is 9.02. The van der Waals surface area contributed by atoms with Gasteiger partial charge in [0.25, 0.3) is 0 Å². The molecule has 35 heavy (non-hydrogen) atoms. The van der Waals surface area contributed by atoms with E-state index < -0.39 is 17.4 Å². The molecule has 2 fully saturated rings. The van der Waals surface area contributed by atoms with Crippen molar-refractivity contribution in [3.63, 3.8) is 0 Å². The van der Waals surface area contributed by atoms with Crippen LogP contribution in [-0.2, 0) is 25.5 Å². The molecule has 0 spiro atoms. The molecule has 3 atom stereocenters. The van der Waals surface area contributed by atoms with E-state index in [0.717, 1.165) is 16.7 Å². The Kier molecular flexibility index (Phi) is 5.71. The standard InChI is InChI=1S/C30H26FNO3/c31-27-19-11-10-18-25(27)29-21-33-28(26(29)20-34-32-29)35-30(22-12-4-1-5-13-22,23-14-6-2-7-15-23)24-16-8-3-9-17-24/h1-19,26,28,32H,20-21H2. The summed E-state index contributed by atoms with van der Waals surface area (Å²) >= 11 is 0. The highest BCUT2D eigenvalue weighted by Crippen LogP contribution is 2.49. The third kappa shape index (κ3) is 3.60. The maximum Gasteiger partial charge on any atom is 0.167 e. The van der Waals surface area contributed by atoms with Crippen molar-refractivity contribution in [2.45, 2.75) is 17.4 Å². The van der Waals surface area contributed by atoms with Crippen molar-refractivity contribution in [1.82, 2.24) is 5.48 Å². The van der Waals surface area contributed by atoms with Crippen LogP contribution in [0.25, 0.3) is 0 Å². The van der Waals surface area contributed by atoms with E-state index in [1.807, 2.05) is 60.7 Å². The summed E-state index contributed by atoms with van der Waals surface area (Å²) in [6, 6.07) is 37.3. The van der Waals surface area contributed by atoms with Crippen molar-refractivity contribution >= 4 is 0 Å². The van der Waals surface area contributed by atoms with Crippen LogP contribution in [0.5, 0.6) is 0 Å². The van der Waals surface area contributed by atoms with E-state index in [9.17, 15) is 4.39 Å². The van der Waals surface area contributed by atoms with Gasteiger partial charge in [-0.05, 0) is 22.8 Å². The molecule has 0 amide bonds. The summed E-state index contributed by atoms with van der Waals surface area (Å²) in [6.45, 7) is 0.575. The molecule has 0 saturated carbocycles. The smallest absolute Gasteiger partial charge is 0.167 e. The van der Waals surface area contributed by atoms with Gasteiger partial charge in [-0.25, -0.2) is 4.39 Å². The molecule has 2 aliphatic heterocycles. The molecule has 1 N–H and O–H groups in total. The van der Waals surface area contributed by atoms with Crippen molar-refractivity contribution in [2.75, 3.05) is 13.2 Å². The fraction of sp³-hybridized carbons (Fsp3) is 0.200. The van der Waals surface area contributed by atoms with Crippen LogP contribution < -0.4 is 5.48 Å². The van der Waals surface area contributed by atoms with E-state index in [1.165, 1.54) is 6.07 Å². The molecule has 2 heterocycles. The van der Waals surface area contributed by atoms with Gasteiger partial charge in [0.05, 0.1) is 19.1 Å². The lowest BCUT2D eigenvalue weighted by atomic mass is 9.78. The monoisotopic (exact) mass is 467 g/mol. The number of fused-ring (bicyclic) bond motifs is 1. The SMILES string of the molecule is Fc1ccccc1C12COC(OC(c3ccccc3)(c3ccccc3)c3ccccc3)C1CON2. The first-order valence-electron chi connectivity index (χ1n) is 11.8. The second-order valence-electron chi connectivity index (χ2n) is 9.05. The largest absolute Gasteiger partial charge is 0.350 e. The van der Waals surface area contributed by atoms with Gasteiger partial charge in [0, 0.05) is 5.56 Å². The highest BCUT2D eigenvalue weighted by molar-refractivity contribution is 5.47. The number of hydroxylamine groups is 1. The molecule has 0 radical (unpaired) electrons. The third-order valence-electron chi connectivity index (χ3n) is 7.14. The average Bonchev–Trinajstić information content (AvgIpc) is 3.50. The fourth-order valence-corrected chi connectivity index (χ4v) is 5.42. The molecule has 2 saturated heterocycles. The van der Waals surface area contributed by atoms with E-state index in [2.05, 4.69) is 41.9 Å². The van der Waals surface area contributed by atoms with Gasteiger partial charge in [-0.1, -0.05) is 109 Å². The molecule has 4 aromatic carbocycles. The van der Waals surface area contributed by atoms with Gasteiger partial charge in [-0.3, -0.25) is 0 Å². The Morgan fingerprint density at radius 2 is 1.26 bits per heavy atom. The maximum atomic E-state index is 14.9. The second-order valence-corrected chi connectivity index (χ2v) is 9.05. The van der Waals surface area contributed by atoms with Gasteiger partial charge in [-0.15, -0.1) is 0 Å². The first-order valence-corrected chi connectivity index (χ1v) is 11.8. The van der Waals surface area contributed by atoms with Crippen LogP contribution in [0.1, 0.15) is 22.3 Å². The normalized spacial score (nSPS) is 23.8. The fourth-order valence-electron chi connectivity index (χ4n) is 5.42. The summed E-state index contributed by atoms with van der Waals surface area (Å²) in [5.41, 5.74) is 4.78. The lowest BCUT2D eigenvalue weighted by Crippen LogP contribution is -2.45. The molecule has 0 bridgehead atoms. The summed E-state index contributed by atoms with van der Waals surface area (Å²) in [4.78, 5) is 5.71. The van der Waals surface area contributed by atoms with Crippen LogP contribution in [0.3, 0.4) is 0 Å². The maximum absolute atomic E-state index is 14.9. The minimum atomic E-state index is -0.942.